The standard InChI is InChI=1S/C8H10N2O/c1-3-7-4-5-8(11)6-10(7)9-2/h3-6,11H,2H2,1H3/b7-3-. The van der Waals surface area contributed by atoms with E-state index in [1.54, 1.807) is 12.2 Å². The Labute approximate surface area is 65.6 Å². The second kappa shape index (κ2) is 3.05. The van der Waals surface area contributed by atoms with Crippen molar-refractivity contribution >= 4 is 6.72 Å². The molecule has 0 amide bonds. The molecular formula is C8H10N2O. The van der Waals surface area contributed by atoms with E-state index in [2.05, 4.69) is 11.8 Å². The Bertz CT molecular complexity index is 251. The fourth-order valence-electron chi connectivity index (χ4n) is 0.841. The number of rotatable bonds is 1. The van der Waals surface area contributed by atoms with E-state index in [1.165, 1.54) is 11.2 Å². The maximum Gasteiger partial charge on any atom is 0.133 e. The van der Waals surface area contributed by atoms with Crippen molar-refractivity contribution in [2.45, 2.75) is 6.92 Å². The zero-order valence-electron chi connectivity index (χ0n) is 6.36. The minimum Gasteiger partial charge on any atom is -0.506 e. The normalized spacial score (nSPS) is 20.3. The summed E-state index contributed by atoms with van der Waals surface area (Å²) in [5.41, 5.74) is 0.901. The molecule has 1 rings (SSSR count). The van der Waals surface area contributed by atoms with Crippen LogP contribution < -0.4 is 0 Å². The van der Waals surface area contributed by atoms with Crippen LogP contribution in [0.4, 0.5) is 0 Å². The Morgan fingerprint density at radius 3 is 2.91 bits per heavy atom. The summed E-state index contributed by atoms with van der Waals surface area (Å²) in [6, 6.07) is 0. The summed E-state index contributed by atoms with van der Waals surface area (Å²) in [6.07, 6.45) is 6.76. The van der Waals surface area contributed by atoms with Crippen LogP contribution >= 0.6 is 0 Å². The summed E-state index contributed by atoms with van der Waals surface area (Å²) in [4.78, 5) is 0. The Kier molecular flexibility index (Phi) is 2.11. The van der Waals surface area contributed by atoms with E-state index in [0.717, 1.165) is 5.70 Å². The number of aliphatic hydroxyl groups excluding tert-OH is 1. The number of aliphatic hydroxyl groups is 1. The average Bonchev–Trinajstić information content (AvgIpc) is 2.04. The molecule has 0 saturated carbocycles. The molecule has 0 radical (unpaired) electrons. The van der Waals surface area contributed by atoms with Gasteiger partial charge in [-0.25, -0.2) is 5.01 Å². The van der Waals surface area contributed by atoms with Crippen LogP contribution in [0.2, 0.25) is 0 Å². The maximum atomic E-state index is 9.04. The quantitative estimate of drug-likeness (QED) is 0.578. The van der Waals surface area contributed by atoms with Crippen LogP contribution in [-0.4, -0.2) is 16.8 Å². The minimum absolute atomic E-state index is 0.183. The molecule has 3 nitrogen and oxygen atoms in total. The molecule has 58 valence electrons. The fraction of sp³-hybridized carbons (Fsp3) is 0.125. The zero-order valence-corrected chi connectivity index (χ0v) is 6.36. The molecule has 0 unspecified atom stereocenters. The second-order valence-electron chi connectivity index (χ2n) is 2.09. The number of hydrogen-bond acceptors (Lipinski definition) is 3. The van der Waals surface area contributed by atoms with Crippen molar-refractivity contribution in [2.24, 2.45) is 5.10 Å². The van der Waals surface area contributed by atoms with Crippen molar-refractivity contribution in [3.63, 3.8) is 0 Å². The Balaban J connectivity index is 2.92. The van der Waals surface area contributed by atoms with E-state index < -0.39 is 0 Å². The van der Waals surface area contributed by atoms with Crippen molar-refractivity contribution in [3.8, 4) is 0 Å². The predicted octanol–water partition coefficient (Wildman–Crippen LogP) is 1.78. The van der Waals surface area contributed by atoms with Crippen LogP contribution in [0.3, 0.4) is 0 Å². The van der Waals surface area contributed by atoms with Crippen molar-refractivity contribution in [1.29, 1.82) is 0 Å². The molecular weight excluding hydrogens is 140 g/mol. The third kappa shape index (κ3) is 1.49. The number of hydrogen-bond donors (Lipinski definition) is 1. The summed E-state index contributed by atoms with van der Waals surface area (Å²) in [6.45, 7) is 5.26. The third-order valence-corrected chi connectivity index (χ3v) is 1.39. The summed E-state index contributed by atoms with van der Waals surface area (Å²) < 4.78 is 0. The van der Waals surface area contributed by atoms with E-state index >= 15 is 0 Å². The van der Waals surface area contributed by atoms with E-state index in [9.17, 15) is 0 Å². The first-order chi connectivity index (χ1) is 5.27. The Morgan fingerprint density at radius 1 is 1.64 bits per heavy atom. The van der Waals surface area contributed by atoms with Gasteiger partial charge in [-0.2, -0.15) is 5.10 Å². The smallest absolute Gasteiger partial charge is 0.133 e. The van der Waals surface area contributed by atoms with Crippen LogP contribution in [0.1, 0.15) is 6.92 Å². The Hall–Kier alpha value is -1.51. The average molecular weight is 150 g/mol. The highest BCUT2D eigenvalue weighted by Gasteiger charge is 2.05. The van der Waals surface area contributed by atoms with Crippen molar-refractivity contribution in [1.82, 2.24) is 5.01 Å². The lowest BCUT2D eigenvalue weighted by atomic mass is 10.3. The van der Waals surface area contributed by atoms with E-state index in [1.807, 2.05) is 13.0 Å². The highest BCUT2D eigenvalue weighted by molar-refractivity contribution is 5.32. The number of allylic oxidation sites excluding steroid dienone is 3. The highest BCUT2D eigenvalue weighted by Crippen LogP contribution is 2.14. The largest absolute Gasteiger partial charge is 0.506 e. The molecule has 0 fully saturated rings. The lowest BCUT2D eigenvalue weighted by Crippen LogP contribution is -2.10. The molecule has 1 N–H and O–H groups in total. The SMILES string of the molecule is C=NN1C=C(O)C=C/C1=C/C. The molecule has 1 aliphatic rings. The summed E-state index contributed by atoms with van der Waals surface area (Å²) in [5.74, 6) is 0.183. The molecule has 0 saturated heterocycles. The van der Waals surface area contributed by atoms with E-state index in [4.69, 9.17) is 5.11 Å². The van der Waals surface area contributed by atoms with Crippen LogP contribution in [0, 0.1) is 0 Å². The van der Waals surface area contributed by atoms with Gasteiger partial charge in [-0.15, -0.1) is 0 Å². The fourth-order valence-corrected chi connectivity index (χ4v) is 0.841. The first-order valence-corrected chi connectivity index (χ1v) is 3.29. The molecule has 1 heterocycles. The van der Waals surface area contributed by atoms with Gasteiger partial charge in [0.1, 0.15) is 5.76 Å². The van der Waals surface area contributed by atoms with Crippen LogP contribution in [0.15, 0.2) is 41.0 Å². The van der Waals surface area contributed by atoms with Crippen molar-refractivity contribution in [2.75, 3.05) is 0 Å². The highest BCUT2D eigenvalue weighted by atomic mass is 16.3. The van der Waals surface area contributed by atoms with E-state index in [-0.39, 0.29) is 5.76 Å². The van der Waals surface area contributed by atoms with Crippen LogP contribution in [0.5, 0.6) is 0 Å². The van der Waals surface area contributed by atoms with Crippen molar-refractivity contribution < 1.29 is 5.11 Å². The van der Waals surface area contributed by atoms with Gasteiger partial charge in [0, 0.05) is 6.72 Å². The van der Waals surface area contributed by atoms with Gasteiger partial charge in [0.25, 0.3) is 0 Å². The lowest BCUT2D eigenvalue weighted by Gasteiger charge is -2.17. The van der Waals surface area contributed by atoms with Gasteiger partial charge >= 0.3 is 0 Å². The van der Waals surface area contributed by atoms with Gasteiger partial charge in [0.15, 0.2) is 0 Å². The third-order valence-electron chi connectivity index (χ3n) is 1.39. The molecule has 1 aliphatic heterocycles. The molecule has 0 bridgehead atoms. The predicted molar refractivity (Wildman–Crippen MR) is 45.0 cm³/mol. The molecule has 0 aliphatic carbocycles. The monoisotopic (exact) mass is 150 g/mol. The van der Waals surface area contributed by atoms with E-state index in [0.29, 0.717) is 0 Å². The first-order valence-electron chi connectivity index (χ1n) is 3.29. The molecule has 0 aromatic heterocycles. The summed E-state index contributed by atoms with van der Waals surface area (Å²) in [5, 5.41) is 14.2. The number of hydrazone groups is 1. The molecule has 0 aromatic carbocycles. The summed E-state index contributed by atoms with van der Waals surface area (Å²) in [7, 11) is 0. The minimum atomic E-state index is 0.183. The lowest BCUT2D eigenvalue weighted by molar-refractivity contribution is 0.394. The molecule has 0 aromatic rings. The van der Waals surface area contributed by atoms with Gasteiger partial charge in [0.05, 0.1) is 11.9 Å². The van der Waals surface area contributed by atoms with Gasteiger partial charge < -0.3 is 5.11 Å². The summed E-state index contributed by atoms with van der Waals surface area (Å²) >= 11 is 0. The van der Waals surface area contributed by atoms with Gasteiger partial charge in [0.2, 0.25) is 0 Å². The topological polar surface area (TPSA) is 35.8 Å². The molecule has 11 heavy (non-hydrogen) atoms. The first kappa shape index (κ1) is 7.60. The molecule has 0 spiro atoms. The molecule has 0 atom stereocenters. The second-order valence-corrected chi connectivity index (χ2v) is 2.09. The van der Waals surface area contributed by atoms with Gasteiger partial charge in [-0.05, 0) is 19.1 Å². The Morgan fingerprint density at radius 2 is 2.36 bits per heavy atom. The molecule has 3 heteroatoms. The zero-order chi connectivity index (χ0) is 8.27. The van der Waals surface area contributed by atoms with Crippen LogP contribution in [-0.2, 0) is 0 Å². The van der Waals surface area contributed by atoms with Gasteiger partial charge in [-0.1, -0.05) is 6.08 Å². The number of nitrogens with zero attached hydrogens (tertiary/aromatic N) is 2. The van der Waals surface area contributed by atoms with Crippen molar-refractivity contribution in [3.05, 3.63) is 35.9 Å². The van der Waals surface area contributed by atoms with Gasteiger partial charge in [-0.3, -0.25) is 0 Å². The maximum absolute atomic E-state index is 9.04. The van der Waals surface area contributed by atoms with Crippen LogP contribution in [0.25, 0.3) is 0 Å².